The van der Waals surface area contributed by atoms with E-state index in [2.05, 4.69) is 0 Å². The van der Waals surface area contributed by atoms with Crippen molar-refractivity contribution in [1.29, 1.82) is 0 Å². The summed E-state index contributed by atoms with van der Waals surface area (Å²) in [5, 5.41) is -3.57. The fourth-order valence-corrected chi connectivity index (χ4v) is 9.36. The first-order chi connectivity index (χ1) is 17.9. The van der Waals surface area contributed by atoms with Gasteiger partial charge in [-0.1, -0.05) is 60.7 Å². The summed E-state index contributed by atoms with van der Waals surface area (Å²) in [6, 6.07) is 17.6. The number of benzene rings is 2. The third-order valence-corrected chi connectivity index (χ3v) is 12.3. The minimum Gasteiger partial charge on any atom is -1.00 e. The fourth-order valence-electron chi connectivity index (χ4n) is 4.02. The zero-order valence-electron chi connectivity index (χ0n) is 20.7. The van der Waals surface area contributed by atoms with Crippen molar-refractivity contribution in [2.24, 2.45) is 7.05 Å². The van der Waals surface area contributed by atoms with Crippen LogP contribution >= 0.6 is 7.14 Å². The van der Waals surface area contributed by atoms with Crippen LogP contribution in [-0.4, -0.2) is 39.0 Å². The number of rotatable bonds is 10. The van der Waals surface area contributed by atoms with Crippen LogP contribution < -0.4 is 22.3 Å². The van der Waals surface area contributed by atoms with Gasteiger partial charge in [0.15, 0.2) is 0 Å². The third-order valence-electron chi connectivity index (χ3n) is 5.98. The second-order valence-corrected chi connectivity index (χ2v) is 15.5. The van der Waals surface area contributed by atoms with Gasteiger partial charge in [-0.15, -0.1) is 0 Å². The molecule has 0 bridgehead atoms. The maximum atomic E-state index is 14.0. The molecular weight excluding hydrogens is 629 g/mol. The highest BCUT2D eigenvalue weighted by atomic mass is 35.5. The van der Waals surface area contributed by atoms with E-state index < -0.39 is 53.7 Å². The monoisotopic (exact) mass is 652 g/mol. The Kier molecular flexibility index (Phi) is 10.4. The second kappa shape index (κ2) is 12.3. The highest BCUT2D eigenvalue weighted by molar-refractivity contribution is 7.95. The van der Waals surface area contributed by atoms with E-state index in [0.717, 1.165) is 12.6 Å². The number of halogens is 7. The Balaban J connectivity index is 0.00000560. The van der Waals surface area contributed by atoms with Crippen LogP contribution in [0.2, 0.25) is 0 Å². The van der Waals surface area contributed by atoms with Gasteiger partial charge in [-0.25, -0.2) is 26.4 Å². The minimum absolute atomic E-state index is 0. The van der Waals surface area contributed by atoms with E-state index in [1.807, 2.05) is 0 Å². The number of hydrogen-bond donors (Lipinski definition) is 1. The molecule has 0 spiro atoms. The normalized spacial score (nSPS) is 14.4. The van der Waals surface area contributed by atoms with Crippen LogP contribution in [0.4, 0.5) is 26.3 Å². The van der Waals surface area contributed by atoms with E-state index in [9.17, 15) is 47.7 Å². The van der Waals surface area contributed by atoms with Crippen LogP contribution in [0.15, 0.2) is 70.7 Å². The number of nitrogens with one attached hydrogen (secondary N) is 1. The van der Waals surface area contributed by atoms with E-state index >= 15 is 0 Å². The summed E-state index contributed by atoms with van der Waals surface area (Å²) in [5.41, 5.74) is -11.3. The van der Waals surface area contributed by atoms with Crippen molar-refractivity contribution in [2.75, 3.05) is 6.16 Å². The van der Waals surface area contributed by atoms with Gasteiger partial charge in [0, 0.05) is 24.0 Å². The van der Waals surface area contributed by atoms with Crippen LogP contribution in [-0.2, 0) is 43.9 Å². The van der Waals surface area contributed by atoms with Gasteiger partial charge in [-0.2, -0.15) is 26.3 Å². The molecule has 3 rings (SSSR count). The number of hydrogen-bond acceptors (Lipinski definition) is 5. The summed E-state index contributed by atoms with van der Waals surface area (Å²) >= 11 is 0. The molecule has 3 aromatic rings. The third kappa shape index (κ3) is 6.92. The van der Waals surface area contributed by atoms with E-state index in [1.165, 1.54) is 0 Å². The number of unbranched alkanes of at least 4 members (excludes halogenated alkanes) is 1. The second-order valence-electron chi connectivity index (χ2n) is 8.71. The van der Waals surface area contributed by atoms with Gasteiger partial charge in [-0.3, -0.25) is 0 Å². The quantitative estimate of drug-likeness (QED) is 0.155. The lowest BCUT2D eigenvalue weighted by molar-refractivity contribution is -0.716. The predicted molar refractivity (Wildman–Crippen MR) is 130 cm³/mol. The topological polar surface area (TPSA) is 105 Å². The number of aryl methyl sites for hydroxylation is 1. The Hall–Kier alpha value is -2.35. The summed E-state index contributed by atoms with van der Waals surface area (Å²) in [6.45, 7) is 0. The van der Waals surface area contributed by atoms with Gasteiger partial charge in [0.1, 0.15) is 7.14 Å². The molecule has 0 radical (unpaired) electrons. The predicted octanol–water partition coefficient (Wildman–Crippen LogP) is 1.64. The Morgan fingerprint density at radius 3 is 1.80 bits per heavy atom. The molecule has 0 aliphatic rings. The summed E-state index contributed by atoms with van der Waals surface area (Å²) in [7, 11) is -15.3. The first kappa shape index (κ1) is 33.9. The first-order valence-electron chi connectivity index (χ1n) is 11.3. The van der Waals surface area contributed by atoms with E-state index in [-0.39, 0.29) is 48.6 Å². The molecule has 1 atom stereocenters. The summed E-state index contributed by atoms with van der Waals surface area (Å²) < 4.78 is 141. The van der Waals surface area contributed by atoms with Crippen molar-refractivity contribution < 1.29 is 64.7 Å². The molecule has 1 heterocycles. The maximum Gasteiger partial charge on any atom is 0.505 e. The van der Waals surface area contributed by atoms with Gasteiger partial charge < -0.3 is 17.0 Å². The maximum absolute atomic E-state index is 14.0. The molecule has 7 nitrogen and oxygen atoms in total. The van der Waals surface area contributed by atoms with Gasteiger partial charge in [0.2, 0.25) is 0 Å². The van der Waals surface area contributed by atoms with Crippen molar-refractivity contribution >= 4 is 32.1 Å². The van der Waals surface area contributed by atoms with E-state index in [0.29, 0.717) is 5.30 Å². The molecule has 0 amide bonds. The molecule has 0 aliphatic heterocycles. The molecule has 1 N–H and O–H groups in total. The van der Waals surface area contributed by atoms with Crippen LogP contribution in [0.3, 0.4) is 0 Å². The molecule has 0 aliphatic carbocycles. The van der Waals surface area contributed by atoms with Crippen molar-refractivity contribution in [3.8, 4) is 0 Å². The summed E-state index contributed by atoms with van der Waals surface area (Å²) in [6.07, 6.45) is 0.288. The van der Waals surface area contributed by atoms with Gasteiger partial charge in [0.05, 0.1) is 7.05 Å². The number of imidazole rings is 1. The number of H-pyrrole nitrogens is 1. The van der Waals surface area contributed by atoms with Crippen LogP contribution in [0.5, 0.6) is 0 Å². The SMILES string of the molecule is C[n+]1c(CCCCP(=O)(Cc2ccccc2)c2ccccc2)[nH]c(S(=O)(=O)C(F)(F)F)c1S(=O)(=O)C(F)(F)F.[Cl-]. The standard InChI is InChI=1S/C23H23F6N2O5PS2.ClH/c1-31-19(30-20(38(33,34)22(24,25)26)21(31)39(35,36)23(27,28)29)14-8-9-15-37(32,18-12-6-3-7-13-18)16-17-10-4-2-5-11-17;/h2-7,10-13H,8-9,14-16H2,1H3;1H. The van der Waals surface area contributed by atoms with Gasteiger partial charge in [0.25, 0.3) is 15.9 Å². The number of aromatic nitrogens is 2. The fraction of sp³-hybridized carbons (Fsp3) is 0.348. The lowest BCUT2D eigenvalue weighted by Gasteiger charge is -2.19. The Morgan fingerprint density at radius 2 is 1.30 bits per heavy atom. The van der Waals surface area contributed by atoms with Crippen LogP contribution in [0.25, 0.3) is 0 Å². The zero-order chi connectivity index (χ0) is 29.3. The molecule has 0 saturated carbocycles. The molecule has 222 valence electrons. The van der Waals surface area contributed by atoms with Crippen LogP contribution in [0.1, 0.15) is 24.2 Å². The van der Waals surface area contributed by atoms with Crippen molar-refractivity contribution in [3.63, 3.8) is 0 Å². The minimum atomic E-state index is -6.48. The van der Waals surface area contributed by atoms with E-state index in [1.54, 1.807) is 65.6 Å². The lowest BCUT2D eigenvalue weighted by atomic mass is 10.2. The highest BCUT2D eigenvalue weighted by Gasteiger charge is 2.60. The van der Waals surface area contributed by atoms with Crippen molar-refractivity contribution in [3.05, 3.63) is 72.1 Å². The molecule has 2 aromatic carbocycles. The number of sulfone groups is 2. The molecule has 0 saturated heterocycles. The highest BCUT2D eigenvalue weighted by Crippen LogP contribution is 2.48. The molecule has 1 unspecified atom stereocenters. The number of alkyl halides is 6. The molecule has 40 heavy (non-hydrogen) atoms. The largest absolute Gasteiger partial charge is 1.00 e. The zero-order valence-corrected chi connectivity index (χ0v) is 24.0. The molecule has 0 fully saturated rings. The van der Waals surface area contributed by atoms with Gasteiger partial charge >= 0.3 is 30.7 Å². The van der Waals surface area contributed by atoms with Crippen molar-refractivity contribution in [1.82, 2.24) is 4.98 Å². The number of nitrogens with zero attached hydrogens (tertiary/aromatic N) is 1. The van der Waals surface area contributed by atoms with Crippen LogP contribution in [0, 0.1) is 0 Å². The smallest absolute Gasteiger partial charge is 0.505 e. The first-order valence-corrected chi connectivity index (χ1v) is 16.4. The Morgan fingerprint density at radius 1 is 0.800 bits per heavy atom. The number of aromatic amines is 1. The van der Waals surface area contributed by atoms with E-state index in [4.69, 9.17) is 0 Å². The lowest BCUT2D eigenvalue weighted by Crippen LogP contribution is -3.00. The van der Waals surface area contributed by atoms with Gasteiger partial charge in [-0.05, 0) is 18.4 Å². The average Bonchev–Trinajstić information content (AvgIpc) is 3.19. The molecule has 1 aromatic heterocycles. The van der Waals surface area contributed by atoms with Crippen molar-refractivity contribution in [2.45, 2.75) is 46.5 Å². The molecular formula is C23H24ClF6N2O5PS2. The average molecular weight is 653 g/mol. The Labute approximate surface area is 233 Å². The molecule has 17 heteroatoms. The Bertz CT molecular complexity index is 1580. The summed E-state index contributed by atoms with van der Waals surface area (Å²) in [5.74, 6) is -0.488. The summed E-state index contributed by atoms with van der Waals surface area (Å²) in [4.78, 5) is 1.75.